The highest BCUT2D eigenvalue weighted by Gasteiger charge is 2.34. The lowest BCUT2D eigenvalue weighted by Crippen LogP contribution is -2.36. The molecule has 0 N–H and O–H groups in total. The number of hydrogen-bond acceptors (Lipinski definition) is 3. The SMILES string of the molecule is CCC(C)N1C(=O)/C(=C/C=C/c2ccccc2)SC1=S. The van der Waals surface area contributed by atoms with Crippen LogP contribution in [0.15, 0.2) is 47.4 Å². The molecule has 1 aliphatic rings. The minimum atomic E-state index is 0.0204. The number of carbonyl (C=O) groups excluding carboxylic acids is 1. The van der Waals surface area contributed by atoms with Crippen LogP contribution in [0.5, 0.6) is 0 Å². The van der Waals surface area contributed by atoms with E-state index in [2.05, 4.69) is 6.92 Å². The Balaban J connectivity index is 2.11. The zero-order chi connectivity index (χ0) is 14.5. The van der Waals surface area contributed by atoms with Gasteiger partial charge in [-0.05, 0) is 25.0 Å². The van der Waals surface area contributed by atoms with Crippen LogP contribution in [0.1, 0.15) is 25.8 Å². The van der Waals surface area contributed by atoms with Crippen molar-refractivity contribution in [1.29, 1.82) is 0 Å². The third-order valence-corrected chi connectivity index (χ3v) is 4.54. The molecule has 0 saturated carbocycles. The summed E-state index contributed by atoms with van der Waals surface area (Å²) in [5, 5.41) is 0. The number of thioether (sulfide) groups is 1. The van der Waals surface area contributed by atoms with Crippen LogP contribution in [0.4, 0.5) is 0 Å². The standard InChI is InChI=1S/C16H17NOS2/c1-3-12(2)17-15(18)14(20-16(17)19)11-7-10-13-8-5-4-6-9-13/h4-12H,3H2,1-2H3/b10-7+,14-11-. The molecule has 2 nitrogen and oxygen atoms in total. The topological polar surface area (TPSA) is 20.3 Å². The molecule has 1 aromatic carbocycles. The van der Waals surface area contributed by atoms with Gasteiger partial charge in [0.05, 0.1) is 4.91 Å². The Morgan fingerprint density at radius 2 is 2.05 bits per heavy atom. The summed E-state index contributed by atoms with van der Waals surface area (Å²) in [5.74, 6) is 0.0204. The number of carbonyl (C=O) groups is 1. The summed E-state index contributed by atoms with van der Waals surface area (Å²) < 4.78 is 0.656. The highest BCUT2D eigenvalue weighted by atomic mass is 32.2. The number of amides is 1. The highest BCUT2D eigenvalue weighted by Crippen LogP contribution is 2.33. The summed E-state index contributed by atoms with van der Waals surface area (Å²) in [6.07, 6.45) is 6.63. The predicted molar refractivity (Wildman–Crippen MR) is 90.3 cm³/mol. The summed E-state index contributed by atoms with van der Waals surface area (Å²) in [5.41, 5.74) is 1.11. The first kappa shape index (κ1) is 15.0. The van der Waals surface area contributed by atoms with Crippen molar-refractivity contribution in [2.45, 2.75) is 26.3 Å². The first-order valence-corrected chi connectivity index (χ1v) is 7.84. The fourth-order valence-corrected chi connectivity index (χ4v) is 3.28. The van der Waals surface area contributed by atoms with E-state index in [4.69, 9.17) is 12.2 Å². The summed E-state index contributed by atoms with van der Waals surface area (Å²) in [6.45, 7) is 4.08. The molecule has 1 amide bonds. The van der Waals surface area contributed by atoms with Gasteiger partial charge in [0.2, 0.25) is 0 Å². The van der Waals surface area contributed by atoms with Crippen LogP contribution in [0.3, 0.4) is 0 Å². The van der Waals surface area contributed by atoms with E-state index in [0.717, 1.165) is 12.0 Å². The molecule has 104 valence electrons. The monoisotopic (exact) mass is 303 g/mol. The minimum absolute atomic E-state index is 0.0204. The van der Waals surface area contributed by atoms with Crippen molar-refractivity contribution >= 4 is 40.3 Å². The lowest BCUT2D eigenvalue weighted by Gasteiger charge is -2.21. The first-order chi connectivity index (χ1) is 9.63. The van der Waals surface area contributed by atoms with Crippen LogP contribution in [0.2, 0.25) is 0 Å². The second kappa shape index (κ2) is 6.86. The van der Waals surface area contributed by atoms with Gasteiger partial charge in [-0.15, -0.1) is 0 Å². The summed E-state index contributed by atoms with van der Waals surface area (Å²) in [6, 6.07) is 10.2. The molecule has 0 spiro atoms. The first-order valence-electron chi connectivity index (χ1n) is 6.62. The Morgan fingerprint density at radius 3 is 2.70 bits per heavy atom. The number of hydrogen-bond donors (Lipinski definition) is 0. The number of nitrogens with zero attached hydrogens (tertiary/aromatic N) is 1. The van der Waals surface area contributed by atoms with E-state index in [9.17, 15) is 4.79 Å². The lowest BCUT2D eigenvalue weighted by atomic mass is 10.2. The Labute approximate surface area is 129 Å². The van der Waals surface area contributed by atoms with E-state index in [0.29, 0.717) is 9.23 Å². The van der Waals surface area contributed by atoms with Gasteiger partial charge >= 0.3 is 0 Å². The molecule has 20 heavy (non-hydrogen) atoms. The Bertz CT molecular complexity index is 563. The van der Waals surface area contributed by atoms with Gasteiger partial charge < -0.3 is 0 Å². The second-order valence-electron chi connectivity index (χ2n) is 4.60. The van der Waals surface area contributed by atoms with Crippen molar-refractivity contribution in [3.05, 3.63) is 53.0 Å². The van der Waals surface area contributed by atoms with Crippen molar-refractivity contribution in [2.24, 2.45) is 0 Å². The molecule has 1 saturated heterocycles. The van der Waals surface area contributed by atoms with Crippen LogP contribution >= 0.6 is 24.0 Å². The predicted octanol–water partition coefficient (Wildman–Crippen LogP) is 4.24. The second-order valence-corrected chi connectivity index (χ2v) is 6.28. The lowest BCUT2D eigenvalue weighted by molar-refractivity contribution is -0.123. The number of benzene rings is 1. The fourth-order valence-electron chi connectivity index (χ4n) is 1.87. The van der Waals surface area contributed by atoms with E-state index in [-0.39, 0.29) is 11.9 Å². The largest absolute Gasteiger partial charge is 0.290 e. The Kier molecular flexibility index (Phi) is 5.15. The van der Waals surface area contributed by atoms with Crippen LogP contribution in [-0.2, 0) is 4.79 Å². The van der Waals surface area contributed by atoms with Crippen molar-refractivity contribution < 1.29 is 4.79 Å². The third kappa shape index (κ3) is 3.38. The Morgan fingerprint density at radius 1 is 1.35 bits per heavy atom. The van der Waals surface area contributed by atoms with Crippen LogP contribution < -0.4 is 0 Å². The van der Waals surface area contributed by atoms with E-state index in [1.807, 2.05) is 55.5 Å². The van der Waals surface area contributed by atoms with Crippen molar-refractivity contribution in [1.82, 2.24) is 4.90 Å². The van der Waals surface area contributed by atoms with E-state index in [1.54, 1.807) is 4.90 Å². The quantitative estimate of drug-likeness (QED) is 0.613. The van der Waals surface area contributed by atoms with Crippen LogP contribution in [0, 0.1) is 0 Å². The average Bonchev–Trinajstić information content (AvgIpc) is 2.74. The molecular formula is C16H17NOS2. The molecule has 1 fully saturated rings. The molecule has 1 aliphatic heterocycles. The van der Waals surface area contributed by atoms with Crippen molar-refractivity contribution in [3.8, 4) is 0 Å². The maximum Gasteiger partial charge on any atom is 0.266 e. The van der Waals surface area contributed by atoms with Gasteiger partial charge in [0.25, 0.3) is 5.91 Å². The van der Waals surface area contributed by atoms with E-state index >= 15 is 0 Å². The molecule has 1 heterocycles. The van der Waals surface area contributed by atoms with Gasteiger partial charge in [-0.2, -0.15) is 0 Å². The molecule has 1 aromatic rings. The molecule has 2 rings (SSSR count). The maximum absolute atomic E-state index is 12.3. The van der Waals surface area contributed by atoms with Gasteiger partial charge in [-0.3, -0.25) is 9.69 Å². The highest BCUT2D eigenvalue weighted by molar-refractivity contribution is 8.26. The molecular weight excluding hydrogens is 286 g/mol. The van der Waals surface area contributed by atoms with E-state index < -0.39 is 0 Å². The number of thiocarbonyl (C=S) groups is 1. The smallest absolute Gasteiger partial charge is 0.266 e. The minimum Gasteiger partial charge on any atom is -0.290 e. The molecule has 4 heteroatoms. The zero-order valence-electron chi connectivity index (χ0n) is 11.6. The Hall–Kier alpha value is -1.39. The molecule has 1 atom stereocenters. The molecule has 0 aliphatic carbocycles. The zero-order valence-corrected chi connectivity index (χ0v) is 13.2. The van der Waals surface area contributed by atoms with E-state index in [1.165, 1.54) is 11.8 Å². The molecule has 0 radical (unpaired) electrons. The number of rotatable bonds is 4. The summed E-state index contributed by atoms with van der Waals surface area (Å²) >= 11 is 6.66. The summed E-state index contributed by atoms with van der Waals surface area (Å²) in [4.78, 5) is 14.7. The number of allylic oxidation sites excluding steroid dienone is 2. The van der Waals surface area contributed by atoms with Gasteiger partial charge in [-0.1, -0.05) is 73.4 Å². The summed E-state index contributed by atoms with van der Waals surface area (Å²) in [7, 11) is 0. The normalized spacial score (nSPS) is 19.3. The van der Waals surface area contributed by atoms with Crippen LogP contribution in [-0.4, -0.2) is 21.2 Å². The average molecular weight is 303 g/mol. The van der Waals surface area contributed by atoms with Gasteiger partial charge in [0.15, 0.2) is 0 Å². The molecule has 0 bridgehead atoms. The van der Waals surface area contributed by atoms with Gasteiger partial charge in [-0.25, -0.2) is 0 Å². The molecule has 1 unspecified atom stereocenters. The van der Waals surface area contributed by atoms with Crippen molar-refractivity contribution in [3.63, 3.8) is 0 Å². The van der Waals surface area contributed by atoms with Crippen LogP contribution in [0.25, 0.3) is 6.08 Å². The van der Waals surface area contributed by atoms with Gasteiger partial charge in [0, 0.05) is 6.04 Å². The fraction of sp³-hybridized carbons (Fsp3) is 0.250. The van der Waals surface area contributed by atoms with Gasteiger partial charge in [0.1, 0.15) is 4.32 Å². The molecule has 0 aromatic heterocycles. The maximum atomic E-state index is 12.3. The van der Waals surface area contributed by atoms with Crippen molar-refractivity contribution in [2.75, 3.05) is 0 Å². The third-order valence-electron chi connectivity index (χ3n) is 3.19.